The number of esters is 1. The third-order valence-corrected chi connectivity index (χ3v) is 4.62. The summed E-state index contributed by atoms with van der Waals surface area (Å²) in [5, 5.41) is 0.621. The zero-order chi connectivity index (χ0) is 21.3. The van der Waals surface area contributed by atoms with E-state index in [2.05, 4.69) is 0 Å². The van der Waals surface area contributed by atoms with Gasteiger partial charge in [0.05, 0.1) is 11.1 Å². The smallest absolute Gasteiger partial charge is 0.416 e. The molecule has 0 bridgehead atoms. The van der Waals surface area contributed by atoms with Crippen LogP contribution in [0.4, 0.5) is 13.2 Å². The third kappa shape index (κ3) is 4.50. The predicted molar refractivity (Wildman–Crippen MR) is 102 cm³/mol. The van der Waals surface area contributed by atoms with E-state index in [1.54, 1.807) is 6.07 Å². The van der Waals surface area contributed by atoms with Crippen LogP contribution < -0.4 is 5.63 Å². The molecule has 2 aromatic carbocycles. The van der Waals surface area contributed by atoms with Crippen molar-refractivity contribution in [3.8, 4) is 0 Å². The van der Waals surface area contributed by atoms with Crippen molar-refractivity contribution in [2.24, 2.45) is 0 Å². The van der Waals surface area contributed by atoms with Crippen LogP contribution in [0.2, 0.25) is 0 Å². The van der Waals surface area contributed by atoms with Gasteiger partial charge >= 0.3 is 17.8 Å². The predicted octanol–water partition coefficient (Wildman–Crippen LogP) is 5.60. The van der Waals surface area contributed by atoms with E-state index in [1.807, 2.05) is 26.8 Å². The molecule has 152 valence electrons. The molecule has 0 aliphatic carbocycles. The molecule has 4 nitrogen and oxygen atoms in total. The van der Waals surface area contributed by atoms with E-state index in [0.29, 0.717) is 16.5 Å². The van der Waals surface area contributed by atoms with Crippen LogP contribution in [0.15, 0.2) is 51.7 Å². The van der Waals surface area contributed by atoms with Crippen LogP contribution in [0.3, 0.4) is 0 Å². The van der Waals surface area contributed by atoms with E-state index in [9.17, 15) is 22.8 Å². The number of aryl methyl sites for hydroxylation is 1. The Kier molecular flexibility index (Phi) is 5.50. The molecule has 3 aromatic rings. The fourth-order valence-corrected chi connectivity index (χ4v) is 3.18. The molecule has 0 aliphatic rings. The fourth-order valence-electron chi connectivity index (χ4n) is 3.18. The molecule has 1 heterocycles. The van der Waals surface area contributed by atoms with E-state index in [-0.39, 0.29) is 18.1 Å². The molecule has 0 spiro atoms. The second-order valence-corrected chi connectivity index (χ2v) is 7.11. The van der Waals surface area contributed by atoms with Gasteiger partial charge in [-0.3, -0.25) is 0 Å². The number of carbonyl (C=O) groups is 1. The number of rotatable bonds is 4. The third-order valence-electron chi connectivity index (χ3n) is 4.62. The van der Waals surface area contributed by atoms with E-state index in [0.717, 1.165) is 29.3 Å². The summed E-state index contributed by atoms with van der Waals surface area (Å²) < 4.78 is 48.9. The van der Waals surface area contributed by atoms with Crippen molar-refractivity contribution >= 4 is 16.9 Å². The first-order valence-electron chi connectivity index (χ1n) is 8.98. The second kappa shape index (κ2) is 7.73. The van der Waals surface area contributed by atoms with Gasteiger partial charge in [0.25, 0.3) is 0 Å². The van der Waals surface area contributed by atoms with Crippen molar-refractivity contribution in [3.63, 3.8) is 0 Å². The van der Waals surface area contributed by atoms with Gasteiger partial charge in [-0.2, -0.15) is 13.2 Å². The Hall–Kier alpha value is -3.09. The minimum absolute atomic E-state index is 0.217. The number of hydrogen-bond acceptors (Lipinski definition) is 4. The van der Waals surface area contributed by atoms with E-state index < -0.39 is 23.3 Å². The summed E-state index contributed by atoms with van der Waals surface area (Å²) in [5.41, 5.74) is 1.06. The number of benzene rings is 2. The molecular weight excluding hydrogens is 385 g/mol. The van der Waals surface area contributed by atoms with Gasteiger partial charge in [0, 0.05) is 17.0 Å². The summed E-state index contributed by atoms with van der Waals surface area (Å²) >= 11 is 0. The first-order valence-corrected chi connectivity index (χ1v) is 8.98. The van der Waals surface area contributed by atoms with Gasteiger partial charge in [0.2, 0.25) is 0 Å². The summed E-state index contributed by atoms with van der Waals surface area (Å²) in [5.74, 6) is -0.680. The fraction of sp³-hybridized carbons (Fsp3) is 0.273. The highest BCUT2D eigenvalue weighted by Gasteiger charge is 2.31. The van der Waals surface area contributed by atoms with Gasteiger partial charge in [-0.15, -0.1) is 0 Å². The highest BCUT2D eigenvalue weighted by Crippen LogP contribution is 2.30. The zero-order valence-corrected chi connectivity index (χ0v) is 16.1. The average Bonchev–Trinajstić information content (AvgIpc) is 2.64. The standard InChI is InChI=1S/C22H19F3O4/c1-12(2)17-10-18-15(9-20(26)29-19(18)7-13(17)3)11-28-21(27)14-5-4-6-16(8-14)22(23,24)25/h4-10,12H,11H2,1-3H3. The van der Waals surface area contributed by atoms with Crippen LogP contribution >= 0.6 is 0 Å². The Morgan fingerprint density at radius 1 is 1.14 bits per heavy atom. The van der Waals surface area contributed by atoms with Crippen molar-refractivity contribution in [2.75, 3.05) is 0 Å². The van der Waals surface area contributed by atoms with Crippen molar-refractivity contribution in [2.45, 2.75) is 39.5 Å². The van der Waals surface area contributed by atoms with Gasteiger partial charge in [0.1, 0.15) is 12.2 Å². The quantitative estimate of drug-likeness (QED) is 0.420. The topological polar surface area (TPSA) is 56.5 Å². The van der Waals surface area contributed by atoms with Crippen LogP contribution in [0.25, 0.3) is 11.0 Å². The zero-order valence-electron chi connectivity index (χ0n) is 16.1. The minimum atomic E-state index is -4.56. The second-order valence-electron chi connectivity index (χ2n) is 7.11. The van der Waals surface area contributed by atoms with Crippen molar-refractivity contribution in [1.82, 2.24) is 0 Å². The molecule has 0 fully saturated rings. The molecule has 7 heteroatoms. The average molecular weight is 404 g/mol. The monoisotopic (exact) mass is 404 g/mol. The van der Waals surface area contributed by atoms with Gasteiger partial charge in [-0.25, -0.2) is 9.59 Å². The molecular formula is C22H19F3O4. The molecule has 0 N–H and O–H groups in total. The molecule has 0 saturated carbocycles. The van der Waals surface area contributed by atoms with Crippen molar-refractivity contribution in [3.05, 3.63) is 80.7 Å². The molecule has 0 radical (unpaired) electrons. The highest BCUT2D eigenvalue weighted by molar-refractivity contribution is 5.90. The lowest BCUT2D eigenvalue weighted by Crippen LogP contribution is -2.10. The lowest BCUT2D eigenvalue weighted by atomic mass is 9.95. The summed E-state index contributed by atoms with van der Waals surface area (Å²) in [4.78, 5) is 24.1. The first kappa shape index (κ1) is 20.6. The Labute approximate surface area is 164 Å². The number of fused-ring (bicyclic) bond motifs is 1. The van der Waals surface area contributed by atoms with Crippen LogP contribution in [0, 0.1) is 6.92 Å². The SMILES string of the molecule is Cc1cc2oc(=O)cc(COC(=O)c3cccc(C(F)(F)F)c3)c2cc1C(C)C. The van der Waals surface area contributed by atoms with Crippen LogP contribution in [0.5, 0.6) is 0 Å². The summed E-state index contributed by atoms with van der Waals surface area (Å²) in [7, 11) is 0. The molecule has 0 saturated heterocycles. The van der Waals surface area contributed by atoms with Crippen LogP contribution in [-0.2, 0) is 17.5 Å². The Morgan fingerprint density at radius 2 is 1.86 bits per heavy atom. The molecule has 0 unspecified atom stereocenters. The van der Waals surface area contributed by atoms with Crippen molar-refractivity contribution < 1.29 is 27.1 Å². The highest BCUT2D eigenvalue weighted by atomic mass is 19.4. The number of halogens is 3. The number of ether oxygens (including phenoxy) is 1. The molecule has 0 amide bonds. The largest absolute Gasteiger partial charge is 0.457 e. The summed E-state index contributed by atoms with van der Waals surface area (Å²) in [6, 6.07) is 8.86. The molecule has 0 atom stereocenters. The lowest BCUT2D eigenvalue weighted by Gasteiger charge is -2.13. The van der Waals surface area contributed by atoms with E-state index in [4.69, 9.17) is 9.15 Å². The number of alkyl halides is 3. The Bertz CT molecular complexity index is 1130. The first-order chi connectivity index (χ1) is 13.6. The maximum atomic E-state index is 12.8. The van der Waals surface area contributed by atoms with E-state index >= 15 is 0 Å². The molecule has 29 heavy (non-hydrogen) atoms. The lowest BCUT2D eigenvalue weighted by molar-refractivity contribution is -0.137. The summed E-state index contributed by atoms with van der Waals surface area (Å²) in [6.07, 6.45) is -4.56. The van der Waals surface area contributed by atoms with E-state index in [1.165, 1.54) is 12.1 Å². The van der Waals surface area contributed by atoms with Gasteiger partial charge < -0.3 is 9.15 Å². The number of carbonyl (C=O) groups excluding carboxylic acids is 1. The molecule has 0 aliphatic heterocycles. The van der Waals surface area contributed by atoms with Gasteiger partial charge in [-0.05, 0) is 54.3 Å². The molecule has 1 aromatic heterocycles. The van der Waals surface area contributed by atoms with Crippen molar-refractivity contribution in [1.29, 1.82) is 0 Å². The normalized spacial score (nSPS) is 11.8. The number of hydrogen-bond donors (Lipinski definition) is 0. The van der Waals surface area contributed by atoms with Gasteiger partial charge in [-0.1, -0.05) is 19.9 Å². The maximum absolute atomic E-state index is 12.8. The Balaban J connectivity index is 1.91. The van der Waals surface area contributed by atoms with Crippen LogP contribution in [-0.4, -0.2) is 5.97 Å². The Morgan fingerprint density at radius 3 is 2.52 bits per heavy atom. The van der Waals surface area contributed by atoms with Gasteiger partial charge in [0.15, 0.2) is 0 Å². The maximum Gasteiger partial charge on any atom is 0.416 e. The molecule has 3 rings (SSSR count). The summed E-state index contributed by atoms with van der Waals surface area (Å²) in [6.45, 7) is 5.70. The minimum Gasteiger partial charge on any atom is -0.457 e. The van der Waals surface area contributed by atoms with Crippen LogP contribution in [0.1, 0.15) is 52.4 Å².